The molecule has 1 atom stereocenters. The van der Waals surface area contributed by atoms with Gasteiger partial charge in [-0.25, -0.2) is 4.98 Å². The standard InChI is InChI=1S/C20H24N2OS/c1-15(2)24-19-17(11-8-13-21-19)18-12-6-7-14-22(18)20(23)16-9-4-3-5-10-16/h3-5,8-11,13,15,18H,6-7,12,14H2,1-2H3/t18-/m0/s1. The van der Waals surface area contributed by atoms with Crippen molar-refractivity contribution in [3.8, 4) is 0 Å². The summed E-state index contributed by atoms with van der Waals surface area (Å²) in [7, 11) is 0. The lowest BCUT2D eigenvalue weighted by atomic mass is 9.95. The maximum atomic E-state index is 13.0. The summed E-state index contributed by atoms with van der Waals surface area (Å²) in [5.74, 6) is 0.129. The quantitative estimate of drug-likeness (QED) is 0.738. The number of carbonyl (C=O) groups excluding carboxylic acids is 1. The Bertz CT molecular complexity index is 687. The minimum absolute atomic E-state index is 0.126. The van der Waals surface area contributed by atoms with E-state index in [0.717, 1.165) is 36.4 Å². The second-order valence-electron chi connectivity index (χ2n) is 6.44. The fourth-order valence-electron chi connectivity index (χ4n) is 3.22. The van der Waals surface area contributed by atoms with Crippen molar-refractivity contribution in [2.45, 2.75) is 49.4 Å². The Morgan fingerprint density at radius 2 is 1.96 bits per heavy atom. The van der Waals surface area contributed by atoms with E-state index >= 15 is 0 Å². The monoisotopic (exact) mass is 340 g/mol. The number of carbonyl (C=O) groups is 1. The molecule has 0 bridgehead atoms. The maximum absolute atomic E-state index is 13.0. The summed E-state index contributed by atoms with van der Waals surface area (Å²) in [6, 6.07) is 13.9. The van der Waals surface area contributed by atoms with Gasteiger partial charge < -0.3 is 4.90 Å². The first-order chi connectivity index (χ1) is 11.7. The molecule has 1 aromatic heterocycles. The van der Waals surface area contributed by atoms with Crippen LogP contribution < -0.4 is 0 Å². The Labute approximate surface area is 148 Å². The molecule has 3 nitrogen and oxygen atoms in total. The van der Waals surface area contributed by atoms with E-state index in [9.17, 15) is 4.79 Å². The molecule has 2 aromatic rings. The molecule has 0 spiro atoms. The SMILES string of the molecule is CC(C)Sc1ncccc1[C@@H]1CCCCN1C(=O)c1ccccc1. The van der Waals surface area contributed by atoms with Gasteiger partial charge in [0.1, 0.15) is 5.03 Å². The Morgan fingerprint density at radius 1 is 1.17 bits per heavy atom. The summed E-state index contributed by atoms with van der Waals surface area (Å²) in [5, 5.41) is 1.53. The van der Waals surface area contributed by atoms with Crippen molar-refractivity contribution in [1.82, 2.24) is 9.88 Å². The Hall–Kier alpha value is -1.81. The molecule has 1 fully saturated rings. The van der Waals surface area contributed by atoms with E-state index < -0.39 is 0 Å². The van der Waals surface area contributed by atoms with E-state index in [0.29, 0.717) is 5.25 Å². The smallest absolute Gasteiger partial charge is 0.254 e. The van der Waals surface area contributed by atoms with Crippen molar-refractivity contribution >= 4 is 17.7 Å². The molecule has 0 unspecified atom stereocenters. The topological polar surface area (TPSA) is 33.2 Å². The van der Waals surface area contributed by atoms with Crippen molar-refractivity contribution in [2.75, 3.05) is 6.54 Å². The average molecular weight is 340 g/mol. The lowest BCUT2D eigenvalue weighted by Crippen LogP contribution is -2.38. The molecule has 2 heterocycles. The molecule has 0 N–H and O–H groups in total. The van der Waals surface area contributed by atoms with Crippen LogP contribution in [0, 0.1) is 0 Å². The highest BCUT2D eigenvalue weighted by Gasteiger charge is 2.30. The Morgan fingerprint density at radius 3 is 2.71 bits per heavy atom. The van der Waals surface area contributed by atoms with E-state index in [1.165, 1.54) is 5.56 Å². The normalized spacial score (nSPS) is 18.0. The maximum Gasteiger partial charge on any atom is 0.254 e. The third-order valence-corrected chi connectivity index (χ3v) is 5.33. The molecular formula is C20H24N2OS. The zero-order valence-electron chi connectivity index (χ0n) is 14.3. The van der Waals surface area contributed by atoms with Gasteiger partial charge in [-0.2, -0.15) is 0 Å². The van der Waals surface area contributed by atoms with Crippen LogP contribution in [0.5, 0.6) is 0 Å². The van der Waals surface area contributed by atoms with Gasteiger partial charge in [-0.1, -0.05) is 38.1 Å². The summed E-state index contributed by atoms with van der Waals surface area (Å²) in [6.45, 7) is 5.17. The van der Waals surface area contributed by atoms with Crippen LogP contribution in [-0.2, 0) is 0 Å². The van der Waals surface area contributed by atoms with Gasteiger partial charge >= 0.3 is 0 Å². The van der Waals surface area contributed by atoms with E-state index in [-0.39, 0.29) is 11.9 Å². The minimum Gasteiger partial charge on any atom is -0.332 e. The molecule has 0 radical (unpaired) electrons. The second-order valence-corrected chi connectivity index (χ2v) is 8.01. The zero-order chi connectivity index (χ0) is 16.9. The average Bonchev–Trinajstić information content (AvgIpc) is 2.62. The molecule has 1 saturated heterocycles. The molecule has 3 rings (SSSR count). The van der Waals surface area contributed by atoms with E-state index in [4.69, 9.17) is 0 Å². The predicted molar refractivity (Wildman–Crippen MR) is 99.3 cm³/mol. The van der Waals surface area contributed by atoms with Gasteiger partial charge in [0.05, 0.1) is 6.04 Å². The summed E-state index contributed by atoms with van der Waals surface area (Å²) in [5.41, 5.74) is 1.96. The minimum atomic E-state index is 0.126. The number of nitrogens with zero attached hydrogens (tertiary/aromatic N) is 2. The van der Waals surface area contributed by atoms with Gasteiger partial charge in [-0.05, 0) is 37.5 Å². The van der Waals surface area contributed by atoms with Gasteiger partial charge in [0.15, 0.2) is 0 Å². The molecule has 4 heteroatoms. The van der Waals surface area contributed by atoms with E-state index in [1.54, 1.807) is 11.8 Å². The molecule has 126 valence electrons. The summed E-state index contributed by atoms with van der Waals surface area (Å²) >= 11 is 1.78. The lowest BCUT2D eigenvalue weighted by Gasteiger charge is -2.36. The van der Waals surface area contributed by atoms with Gasteiger partial charge in [0.2, 0.25) is 0 Å². The van der Waals surface area contributed by atoms with Gasteiger partial charge in [-0.3, -0.25) is 4.79 Å². The van der Waals surface area contributed by atoms with Crippen LogP contribution in [0.1, 0.15) is 55.1 Å². The first-order valence-corrected chi connectivity index (χ1v) is 9.52. The highest BCUT2D eigenvalue weighted by molar-refractivity contribution is 7.99. The van der Waals surface area contributed by atoms with Crippen LogP contribution in [0.15, 0.2) is 53.7 Å². The number of rotatable bonds is 4. The first kappa shape index (κ1) is 17.0. The van der Waals surface area contributed by atoms with Crippen molar-refractivity contribution in [1.29, 1.82) is 0 Å². The molecule has 1 aliphatic rings. The highest BCUT2D eigenvalue weighted by Crippen LogP contribution is 2.37. The highest BCUT2D eigenvalue weighted by atomic mass is 32.2. The predicted octanol–water partition coefficient (Wildman–Crippen LogP) is 4.95. The van der Waals surface area contributed by atoms with Crippen molar-refractivity contribution in [3.63, 3.8) is 0 Å². The number of thioether (sulfide) groups is 1. The van der Waals surface area contributed by atoms with Crippen LogP contribution in [0.4, 0.5) is 0 Å². The summed E-state index contributed by atoms with van der Waals surface area (Å²) < 4.78 is 0. The van der Waals surface area contributed by atoms with Crippen molar-refractivity contribution in [2.24, 2.45) is 0 Å². The number of pyridine rings is 1. The van der Waals surface area contributed by atoms with Crippen LogP contribution in [0.2, 0.25) is 0 Å². The number of likely N-dealkylation sites (tertiary alicyclic amines) is 1. The Balaban J connectivity index is 1.92. The molecule has 1 aliphatic heterocycles. The summed E-state index contributed by atoms with van der Waals surface area (Å²) in [4.78, 5) is 19.6. The third kappa shape index (κ3) is 3.81. The van der Waals surface area contributed by atoms with Crippen LogP contribution in [0.3, 0.4) is 0 Å². The van der Waals surface area contributed by atoms with Gasteiger partial charge in [-0.15, -0.1) is 11.8 Å². The molecular weight excluding hydrogens is 316 g/mol. The van der Waals surface area contributed by atoms with E-state index in [2.05, 4.69) is 24.9 Å². The first-order valence-electron chi connectivity index (χ1n) is 8.64. The van der Waals surface area contributed by atoms with Crippen molar-refractivity contribution < 1.29 is 4.79 Å². The number of benzene rings is 1. The largest absolute Gasteiger partial charge is 0.332 e. The molecule has 0 aliphatic carbocycles. The molecule has 1 aromatic carbocycles. The molecule has 0 saturated carbocycles. The van der Waals surface area contributed by atoms with Crippen LogP contribution in [-0.4, -0.2) is 27.6 Å². The second kappa shape index (κ2) is 7.84. The summed E-state index contributed by atoms with van der Waals surface area (Å²) in [6.07, 6.45) is 5.09. The van der Waals surface area contributed by atoms with Crippen LogP contribution in [0.25, 0.3) is 0 Å². The number of aromatic nitrogens is 1. The molecule has 24 heavy (non-hydrogen) atoms. The number of piperidine rings is 1. The number of hydrogen-bond acceptors (Lipinski definition) is 3. The third-order valence-electron chi connectivity index (χ3n) is 4.29. The Kier molecular flexibility index (Phi) is 5.56. The van der Waals surface area contributed by atoms with E-state index in [1.807, 2.05) is 47.5 Å². The number of amides is 1. The van der Waals surface area contributed by atoms with Crippen LogP contribution >= 0.6 is 11.8 Å². The zero-order valence-corrected chi connectivity index (χ0v) is 15.1. The number of hydrogen-bond donors (Lipinski definition) is 0. The van der Waals surface area contributed by atoms with Crippen molar-refractivity contribution in [3.05, 3.63) is 59.8 Å². The van der Waals surface area contributed by atoms with Gasteiger partial charge in [0.25, 0.3) is 5.91 Å². The molecule has 1 amide bonds. The lowest BCUT2D eigenvalue weighted by molar-refractivity contribution is 0.0607. The fraction of sp³-hybridized carbons (Fsp3) is 0.400. The van der Waals surface area contributed by atoms with Gasteiger partial charge in [0, 0.05) is 29.1 Å². The fourth-order valence-corrected chi connectivity index (χ4v) is 4.13.